The standard InChI is InChI=1S/C20H15FN2/c1-23-13-17(12-22-23)15-9-16(11-18(21)10-15)20-8-4-6-14-5-2-3-7-19(14)20/h2-13H,1H3. The number of aromatic nitrogens is 2. The van der Waals surface area contributed by atoms with Crippen LogP contribution in [0, 0.1) is 5.82 Å². The third-order valence-electron chi connectivity index (χ3n) is 4.04. The average Bonchev–Trinajstić information content (AvgIpc) is 3.00. The maximum atomic E-state index is 14.2. The second-order valence-corrected chi connectivity index (χ2v) is 5.66. The largest absolute Gasteiger partial charge is 0.275 e. The molecule has 0 radical (unpaired) electrons. The van der Waals surface area contributed by atoms with Gasteiger partial charge in [0.25, 0.3) is 0 Å². The molecule has 112 valence electrons. The lowest BCUT2D eigenvalue weighted by Crippen LogP contribution is -1.86. The van der Waals surface area contributed by atoms with E-state index in [4.69, 9.17) is 0 Å². The van der Waals surface area contributed by atoms with E-state index in [0.717, 1.165) is 33.0 Å². The van der Waals surface area contributed by atoms with E-state index in [1.807, 2.05) is 43.6 Å². The zero-order chi connectivity index (χ0) is 15.8. The molecule has 0 aliphatic rings. The molecule has 0 bridgehead atoms. The fourth-order valence-corrected chi connectivity index (χ4v) is 2.96. The fraction of sp³-hybridized carbons (Fsp3) is 0.0500. The van der Waals surface area contributed by atoms with Gasteiger partial charge in [-0.25, -0.2) is 4.39 Å². The highest BCUT2D eigenvalue weighted by Gasteiger charge is 2.09. The summed E-state index contributed by atoms with van der Waals surface area (Å²) < 4.78 is 15.9. The van der Waals surface area contributed by atoms with Gasteiger partial charge in [0.05, 0.1) is 6.20 Å². The van der Waals surface area contributed by atoms with Crippen molar-refractivity contribution in [1.29, 1.82) is 0 Å². The van der Waals surface area contributed by atoms with Crippen molar-refractivity contribution in [3.8, 4) is 22.3 Å². The Hall–Kier alpha value is -2.94. The van der Waals surface area contributed by atoms with Gasteiger partial charge in [0.2, 0.25) is 0 Å². The van der Waals surface area contributed by atoms with Crippen LogP contribution in [0.25, 0.3) is 33.0 Å². The van der Waals surface area contributed by atoms with Gasteiger partial charge in [0.15, 0.2) is 0 Å². The van der Waals surface area contributed by atoms with Crippen molar-refractivity contribution in [3.63, 3.8) is 0 Å². The summed E-state index contributed by atoms with van der Waals surface area (Å²) in [6.45, 7) is 0. The Balaban J connectivity index is 1.93. The van der Waals surface area contributed by atoms with Crippen molar-refractivity contribution in [2.45, 2.75) is 0 Å². The summed E-state index contributed by atoms with van der Waals surface area (Å²) in [6, 6.07) is 19.4. The third-order valence-corrected chi connectivity index (χ3v) is 4.04. The molecule has 3 heteroatoms. The molecular formula is C20H15FN2. The van der Waals surface area contributed by atoms with Gasteiger partial charge < -0.3 is 0 Å². The molecular weight excluding hydrogens is 287 g/mol. The van der Waals surface area contributed by atoms with Gasteiger partial charge in [-0.1, -0.05) is 42.5 Å². The van der Waals surface area contributed by atoms with E-state index in [-0.39, 0.29) is 5.82 Å². The Kier molecular flexibility index (Phi) is 3.19. The van der Waals surface area contributed by atoms with E-state index < -0.39 is 0 Å². The zero-order valence-corrected chi connectivity index (χ0v) is 12.7. The van der Waals surface area contributed by atoms with E-state index in [1.165, 1.54) is 0 Å². The lowest BCUT2D eigenvalue weighted by molar-refractivity contribution is 0.629. The van der Waals surface area contributed by atoms with Crippen molar-refractivity contribution in [3.05, 3.63) is 78.9 Å². The Morgan fingerprint density at radius 2 is 1.65 bits per heavy atom. The number of halogens is 1. The van der Waals surface area contributed by atoms with Crippen LogP contribution in [0.4, 0.5) is 4.39 Å². The first kappa shape index (κ1) is 13.7. The summed E-state index contributed by atoms with van der Waals surface area (Å²) >= 11 is 0. The van der Waals surface area contributed by atoms with E-state index in [9.17, 15) is 4.39 Å². The maximum Gasteiger partial charge on any atom is 0.124 e. The third kappa shape index (κ3) is 2.50. The van der Waals surface area contributed by atoms with Crippen molar-refractivity contribution in [2.24, 2.45) is 7.05 Å². The minimum atomic E-state index is -0.241. The van der Waals surface area contributed by atoms with Gasteiger partial charge in [-0.05, 0) is 45.7 Å². The molecule has 1 heterocycles. The molecule has 0 N–H and O–H groups in total. The van der Waals surface area contributed by atoms with Gasteiger partial charge >= 0.3 is 0 Å². The Morgan fingerprint density at radius 1 is 0.870 bits per heavy atom. The molecule has 0 saturated carbocycles. The molecule has 3 aromatic carbocycles. The quantitative estimate of drug-likeness (QED) is 0.507. The summed E-state index contributed by atoms with van der Waals surface area (Å²) in [7, 11) is 1.86. The van der Waals surface area contributed by atoms with Gasteiger partial charge in [0, 0.05) is 18.8 Å². The second kappa shape index (κ2) is 5.36. The number of hydrogen-bond donors (Lipinski definition) is 0. The van der Waals surface area contributed by atoms with Crippen LogP contribution < -0.4 is 0 Å². The molecule has 1 aromatic heterocycles. The van der Waals surface area contributed by atoms with Crippen LogP contribution in [0.15, 0.2) is 73.1 Å². The number of nitrogens with zero attached hydrogens (tertiary/aromatic N) is 2. The normalized spacial score (nSPS) is 11.0. The molecule has 4 rings (SSSR count). The minimum Gasteiger partial charge on any atom is -0.275 e. The van der Waals surface area contributed by atoms with E-state index >= 15 is 0 Å². The van der Waals surface area contributed by atoms with Crippen LogP contribution in [-0.4, -0.2) is 9.78 Å². The summed E-state index contributed by atoms with van der Waals surface area (Å²) in [5, 5.41) is 6.44. The Bertz CT molecular complexity index is 996. The number of hydrogen-bond acceptors (Lipinski definition) is 1. The molecule has 0 aliphatic carbocycles. The topological polar surface area (TPSA) is 17.8 Å². The lowest BCUT2D eigenvalue weighted by atomic mass is 9.96. The molecule has 0 atom stereocenters. The number of benzene rings is 3. The summed E-state index contributed by atoms with van der Waals surface area (Å²) in [4.78, 5) is 0. The van der Waals surface area contributed by atoms with Crippen LogP contribution in [-0.2, 0) is 7.05 Å². The van der Waals surface area contributed by atoms with Crippen LogP contribution in [0.3, 0.4) is 0 Å². The summed E-state index contributed by atoms with van der Waals surface area (Å²) in [6.07, 6.45) is 3.64. The highest BCUT2D eigenvalue weighted by atomic mass is 19.1. The Morgan fingerprint density at radius 3 is 2.48 bits per heavy atom. The summed E-state index contributed by atoms with van der Waals surface area (Å²) in [5.74, 6) is -0.241. The van der Waals surface area contributed by atoms with Crippen LogP contribution in [0.1, 0.15) is 0 Å². The van der Waals surface area contributed by atoms with Crippen molar-refractivity contribution < 1.29 is 4.39 Å². The molecule has 0 fully saturated rings. The maximum absolute atomic E-state index is 14.2. The molecule has 4 aromatic rings. The molecule has 23 heavy (non-hydrogen) atoms. The highest BCUT2D eigenvalue weighted by molar-refractivity contribution is 5.97. The molecule has 0 unspecified atom stereocenters. The van der Waals surface area contributed by atoms with E-state index in [0.29, 0.717) is 0 Å². The predicted octanol–water partition coefficient (Wildman–Crippen LogP) is 5.05. The minimum absolute atomic E-state index is 0.241. The SMILES string of the molecule is Cn1cc(-c2cc(F)cc(-c3cccc4ccccc34)c2)cn1. The first-order chi connectivity index (χ1) is 11.2. The van der Waals surface area contributed by atoms with Gasteiger partial charge in [-0.2, -0.15) is 5.10 Å². The number of rotatable bonds is 2. The van der Waals surface area contributed by atoms with Crippen molar-refractivity contribution >= 4 is 10.8 Å². The molecule has 2 nitrogen and oxygen atoms in total. The first-order valence-electron chi connectivity index (χ1n) is 7.48. The fourth-order valence-electron chi connectivity index (χ4n) is 2.96. The Labute approximate surface area is 133 Å². The molecule has 0 saturated heterocycles. The lowest BCUT2D eigenvalue weighted by Gasteiger charge is -2.09. The average molecular weight is 302 g/mol. The molecule has 0 aliphatic heterocycles. The van der Waals surface area contributed by atoms with E-state index in [1.54, 1.807) is 23.0 Å². The van der Waals surface area contributed by atoms with Crippen LogP contribution in [0.5, 0.6) is 0 Å². The number of aryl methyl sites for hydroxylation is 1. The molecule has 0 amide bonds. The first-order valence-corrected chi connectivity index (χ1v) is 7.48. The van der Waals surface area contributed by atoms with Crippen molar-refractivity contribution in [2.75, 3.05) is 0 Å². The smallest absolute Gasteiger partial charge is 0.124 e. The monoisotopic (exact) mass is 302 g/mol. The second-order valence-electron chi connectivity index (χ2n) is 5.66. The molecule has 0 spiro atoms. The van der Waals surface area contributed by atoms with Gasteiger partial charge in [-0.3, -0.25) is 4.68 Å². The van der Waals surface area contributed by atoms with Crippen LogP contribution in [0.2, 0.25) is 0 Å². The predicted molar refractivity (Wildman–Crippen MR) is 91.5 cm³/mol. The highest BCUT2D eigenvalue weighted by Crippen LogP contribution is 2.32. The van der Waals surface area contributed by atoms with Gasteiger partial charge in [-0.15, -0.1) is 0 Å². The zero-order valence-electron chi connectivity index (χ0n) is 12.7. The van der Waals surface area contributed by atoms with Crippen molar-refractivity contribution in [1.82, 2.24) is 9.78 Å². The summed E-state index contributed by atoms with van der Waals surface area (Å²) in [5.41, 5.74) is 3.66. The number of fused-ring (bicyclic) bond motifs is 1. The van der Waals surface area contributed by atoms with E-state index in [2.05, 4.69) is 23.3 Å². The van der Waals surface area contributed by atoms with Gasteiger partial charge in [0.1, 0.15) is 5.82 Å². The van der Waals surface area contributed by atoms with Crippen LogP contribution >= 0.6 is 0 Å².